The fourth-order valence-electron chi connectivity index (χ4n) is 2.98. The van der Waals surface area contributed by atoms with Crippen LogP contribution in [0.2, 0.25) is 0 Å². The first kappa shape index (κ1) is 15.7. The van der Waals surface area contributed by atoms with E-state index in [1.807, 2.05) is 13.0 Å². The fourth-order valence-corrected chi connectivity index (χ4v) is 5.52. The van der Waals surface area contributed by atoms with Crippen molar-refractivity contribution in [1.29, 1.82) is 0 Å². The van der Waals surface area contributed by atoms with E-state index in [2.05, 4.69) is 15.3 Å². The van der Waals surface area contributed by atoms with Crippen molar-refractivity contribution in [3.05, 3.63) is 41.2 Å². The molecule has 1 fully saturated rings. The van der Waals surface area contributed by atoms with Crippen LogP contribution in [-0.2, 0) is 10.0 Å². The van der Waals surface area contributed by atoms with Crippen molar-refractivity contribution in [3.8, 4) is 0 Å². The summed E-state index contributed by atoms with van der Waals surface area (Å²) in [6.07, 6.45) is 1.55. The number of fused-ring (bicyclic) bond motifs is 1. The van der Waals surface area contributed by atoms with Gasteiger partial charge in [0.25, 0.3) is 0 Å². The average Bonchev–Trinajstić information content (AvgIpc) is 3.18. The van der Waals surface area contributed by atoms with Crippen molar-refractivity contribution < 1.29 is 8.42 Å². The summed E-state index contributed by atoms with van der Waals surface area (Å²) in [6, 6.07) is 8.61. The number of aryl methyl sites for hydroxylation is 1. The summed E-state index contributed by atoms with van der Waals surface area (Å²) >= 11 is 1.54. The van der Waals surface area contributed by atoms with Crippen molar-refractivity contribution >= 4 is 26.3 Å². The van der Waals surface area contributed by atoms with Crippen molar-refractivity contribution in [3.63, 3.8) is 0 Å². The van der Waals surface area contributed by atoms with E-state index in [0.717, 1.165) is 28.6 Å². The summed E-state index contributed by atoms with van der Waals surface area (Å²) in [5.74, 6) is 1.05. The SMILES string of the molecule is Cc1nnc2sc(C3CCN(S(=O)(=O)c4ccccc4)CC3)nn12. The van der Waals surface area contributed by atoms with Crippen LogP contribution in [0.3, 0.4) is 0 Å². The van der Waals surface area contributed by atoms with Gasteiger partial charge in [0.15, 0.2) is 5.82 Å². The second-order valence-electron chi connectivity index (χ2n) is 5.87. The van der Waals surface area contributed by atoms with Gasteiger partial charge in [0.05, 0.1) is 4.90 Å². The summed E-state index contributed by atoms with van der Waals surface area (Å²) in [5.41, 5.74) is 0. The minimum atomic E-state index is -3.40. The Morgan fingerprint density at radius 3 is 2.50 bits per heavy atom. The fraction of sp³-hybridized carbons (Fsp3) is 0.400. The molecule has 1 aliphatic heterocycles. The maximum atomic E-state index is 12.7. The lowest BCUT2D eigenvalue weighted by Gasteiger charge is -2.30. The number of benzene rings is 1. The molecule has 3 heterocycles. The second kappa shape index (κ2) is 5.91. The molecule has 1 aromatic carbocycles. The number of nitrogens with zero attached hydrogens (tertiary/aromatic N) is 5. The molecule has 2 aromatic heterocycles. The molecule has 0 unspecified atom stereocenters. The normalized spacial score (nSPS) is 17.5. The molecule has 3 aromatic rings. The van der Waals surface area contributed by atoms with E-state index in [9.17, 15) is 8.42 Å². The molecule has 126 valence electrons. The van der Waals surface area contributed by atoms with Crippen LogP contribution in [-0.4, -0.2) is 45.6 Å². The highest BCUT2D eigenvalue weighted by Gasteiger charge is 2.31. The van der Waals surface area contributed by atoms with Crippen LogP contribution in [0, 0.1) is 6.92 Å². The monoisotopic (exact) mass is 363 g/mol. The van der Waals surface area contributed by atoms with Crippen LogP contribution in [0.4, 0.5) is 0 Å². The molecule has 0 aliphatic carbocycles. The third-order valence-electron chi connectivity index (χ3n) is 4.35. The van der Waals surface area contributed by atoms with Gasteiger partial charge < -0.3 is 0 Å². The Bertz CT molecular complexity index is 956. The number of hydrogen-bond donors (Lipinski definition) is 0. The molecular formula is C15H17N5O2S2. The molecule has 4 rings (SSSR count). The lowest BCUT2D eigenvalue weighted by atomic mass is 9.99. The number of hydrogen-bond acceptors (Lipinski definition) is 6. The van der Waals surface area contributed by atoms with Gasteiger partial charge in [-0.2, -0.15) is 13.9 Å². The van der Waals surface area contributed by atoms with Crippen LogP contribution in [0.5, 0.6) is 0 Å². The molecule has 1 aliphatic rings. The van der Waals surface area contributed by atoms with Crippen molar-refractivity contribution in [1.82, 2.24) is 24.1 Å². The van der Waals surface area contributed by atoms with Gasteiger partial charge in [-0.15, -0.1) is 10.2 Å². The standard InChI is InChI=1S/C15H17N5O2S2/c1-11-16-17-15-20(11)18-14(23-15)12-7-9-19(10-8-12)24(21,22)13-5-3-2-4-6-13/h2-6,12H,7-10H2,1H3. The van der Waals surface area contributed by atoms with E-state index in [-0.39, 0.29) is 5.92 Å². The Morgan fingerprint density at radius 2 is 1.83 bits per heavy atom. The predicted octanol–water partition coefficient (Wildman–Crippen LogP) is 2.06. The van der Waals surface area contributed by atoms with Crippen LogP contribution in [0.25, 0.3) is 4.96 Å². The first-order valence-electron chi connectivity index (χ1n) is 7.79. The topological polar surface area (TPSA) is 80.5 Å². The Balaban J connectivity index is 1.50. The molecule has 0 bridgehead atoms. The summed E-state index contributed by atoms with van der Waals surface area (Å²) in [4.78, 5) is 1.15. The van der Waals surface area contributed by atoms with Crippen LogP contribution >= 0.6 is 11.3 Å². The van der Waals surface area contributed by atoms with Gasteiger partial charge in [-0.25, -0.2) is 8.42 Å². The molecule has 0 amide bonds. The quantitative estimate of drug-likeness (QED) is 0.711. The van der Waals surface area contributed by atoms with Crippen molar-refractivity contribution in [2.75, 3.05) is 13.1 Å². The summed E-state index contributed by atoms with van der Waals surface area (Å²) in [6.45, 7) is 2.90. The molecule has 0 atom stereocenters. The molecule has 1 saturated heterocycles. The second-order valence-corrected chi connectivity index (χ2v) is 8.80. The minimum absolute atomic E-state index is 0.276. The van der Waals surface area contributed by atoms with Gasteiger partial charge in [-0.1, -0.05) is 29.5 Å². The van der Waals surface area contributed by atoms with E-state index < -0.39 is 10.0 Å². The van der Waals surface area contributed by atoms with Gasteiger partial charge >= 0.3 is 0 Å². The van der Waals surface area contributed by atoms with Crippen molar-refractivity contribution in [2.45, 2.75) is 30.6 Å². The number of sulfonamides is 1. The van der Waals surface area contributed by atoms with Crippen LogP contribution in [0.15, 0.2) is 35.2 Å². The summed E-state index contributed by atoms with van der Waals surface area (Å²) < 4.78 is 28.7. The minimum Gasteiger partial charge on any atom is -0.207 e. The van der Waals surface area contributed by atoms with E-state index in [0.29, 0.717) is 18.0 Å². The van der Waals surface area contributed by atoms with E-state index in [1.54, 1.807) is 44.4 Å². The zero-order valence-electron chi connectivity index (χ0n) is 13.2. The highest BCUT2D eigenvalue weighted by molar-refractivity contribution is 7.89. The highest BCUT2D eigenvalue weighted by Crippen LogP contribution is 2.32. The molecule has 24 heavy (non-hydrogen) atoms. The first-order valence-corrected chi connectivity index (χ1v) is 10.1. The molecule has 9 heteroatoms. The zero-order chi connectivity index (χ0) is 16.7. The molecule has 0 radical (unpaired) electrons. The van der Waals surface area contributed by atoms with E-state index in [1.165, 1.54) is 0 Å². The third kappa shape index (κ3) is 2.62. The molecule has 0 spiro atoms. The number of rotatable bonds is 3. The lowest BCUT2D eigenvalue weighted by molar-refractivity contribution is 0.318. The van der Waals surface area contributed by atoms with Crippen molar-refractivity contribution in [2.24, 2.45) is 0 Å². The van der Waals surface area contributed by atoms with E-state index >= 15 is 0 Å². The highest BCUT2D eigenvalue weighted by atomic mass is 32.2. The average molecular weight is 363 g/mol. The first-order chi connectivity index (χ1) is 11.6. The zero-order valence-corrected chi connectivity index (χ0v) is 14.8. The lowest BCUT2D eigenvalue weighted by Crippen LogP contribution is -2.37. The number of piperidine rings is 1. The maximum absolute atomic E-state index is 12.7. The summed E-state index contributed by atoms with van der Waals surface area (Å²) in [5, 5.41) is 13.7. The van der Waals surface area contributed by atoms with Gasteiger partial charge in [0.1, 0.15) is 5.01 Å². The van der Waals surface area contributed by atoms with Crippen LogP contribution < -0.4 is 0 Å². The Labute approximate surface area is 144 Å². The molecule has 7 nitrogen and oxygen atoms in total. The summed E-state index contributed by atoms with van der Waals surface area (Å²) in [7, 11) is -3.40. The van der Waals surface area contributed by atoms with Gasteiger partial charge in [0.2, 0.25) is 15.0 Å². The smallest absolute Gasteiger partial charge is 0.207 e. The van der Waals surface area contributed by atoms with E-state index in [4.69, 9.17) is 0 Å². The molecular weight excluding hydrogens is 346 g/mol. The Hall–Kier alpha value is -1.84. The molecule has 0 N–H and O–H groups in total. The number of aromatic nitrogens is 4. The Morgan fingerprint density at radius 1 is 1.12 bits per heavy atom. The van der Waals surface area contributed by atoms with Gasteiger partial charge in [-0.05, 0) is 31.9 Å². The molecule has 0 saturated carbocycles. The largest absolute Gasteiger partial charge is 0.243 e. The maximum Gasteiger partial charge on any atom is 0.243 e. The third-order valence-corrected chi connectivity index (χ3v) is 7.32. The predicted molar refractivity (Wildman–Crippen MR) is 90.6 cm³/mol. The Kier molecular flexibility index (Phi) is 3.86. The van der Waals surface area contributed by atoms with Crippen LogP contribution in [0.1, 0.15) is 29.6 Å². The van der Waals surface area contributed by atoms with Gasteiger partial charge in [0, 0.05) is 19.0 Å². The van der Waals surface area contributed by atoms with Gasteiger partial charge in [-0.3, -0.25) is 0 Å².